The third-order valence-electron chi connectivity index (χ3n) is 7.60. The van der Waals surface area contributed by atoms with E-state index in [1.165, 1.54) is 11.1 Å². The quantitative estimate of drug-likeness (QED) is 0.542. The van der Waals surface area contributed by atoms with Crippen molar-refractivity contribution in [1.29, 1.82) is 0 Å². The van der Waals surface area contributed by atoms with E-state index < -0.39 is 0 Å². The van der Waals surface area contributed by atoms with Crippen molar-refractivity contribution in [2.45, 2.75) is 46.2 Å². The molecule has 0 aliphatic carbocycles. The Morgan fingerprint density at radius 2 is 1.82 bits per heavy atom. The van der Waals surface area contributed by atoms with Gasteiger partial charge in [-0.15, -0.1) is 0 Å². The summed E-state index contributed by atoms with van der Waals surface area (Å²) in [6, 6.07) is 11.4. The smallest absolute Gasteiger partial charge is 0.318 e. The van der Waals surface area contributed by atoms with Crippen LogP contribution >= 0.6 is 0 Å². The number of hydrogen-bond donors (Lipinski definition) is 1. The van der Waals surface area contributed by atoms with Gasteiger partial charge in [-0.25, -0.2) is 9.80 Å². The van der Waals surface area contributed by atoms with Gasteiger partial charge in [0.25, 0.3) is 5.91 Å². The maximum absolute atomic E-state index is 13.9. The number of nitrogens with one attached hydrogen (secondary N) is 1. The fourth-order valence-electron chi connectivity index (χ4n) is 5.13. The predicted molar refractivity (Wildman–Crippen MR) is 152 cm³/mol. The van der Waals surface area contributed by atoms with E-state index in [2.05, 4.69) is 42.3 Å². The summed E-state index contributed by atoms with van der Waals surface area (Å²) in [4.78, 5) is 30.9. The van der Waals surface area contributed by atoms with Crippen molar-refractivity contribution in [3.63, 3.8) is 0 Å². The van der Waals surface area contributed by atoms with Gasteiger partial charge in [-0.2, -0.15) is 5.10 Å². The number of morpholine rings is 1. The van der Waals surface area contributed by atoms with E-state index in [1.54, 1.807) is 9.91 Å². The first kappa shape index (κ1) is 27.9. The molecule has 2 aromatic rings. The second kappa shape index (κ2) is 12.3. The number of nitrogens with zero attached hydrogens (tertiary/aromatic N) is 4. The Labute approximate surface area is 235 Å². The van der Waals surface area contributed by atoms with E-state index in [1.807, 2.05) is 32.0 Å². The number of hydrogen-bond acceptors (Lipinski definition) is 7. The van der Waals surface area contributed by atoms with Crippen molar-refractivity contribution in [3.05, 3.63) is 58.7 Å². The highest BCUT2D eigenvalue weighted by molar-refractivity contribution is 6.03. The Bertz CT molecular complexity index is 1270. The van der Waals surface area contributed by atoms with Crippen LogP contribution in [0.2, 0.25) is 0 Å². The molecule has 2 aromatic carbocycles. The summed E-state index contributed by atoms with van der Waals surface area (Å²) < 4.78 is 16.6. The van der Waals surface area contributed by atoms with Gasteiger partial charge in [0.05, 0.1) is 25.0 Å². The van der Waals surface area contributed by atoms with Crippen LogP contribution in [0.3, 0.4) is 0 Å². The van der Waals surface area contributed by atoms with Crippen LogP contribution in [-0.4, -0.2) is 91.2 Å². The van der Waals surface area contributed by atoms with Crippen molar-refractivity contribution >= 4 is 17.6 Å². The zero-order chi connectivity index (χ0) is 28.2. The molecule has 0 aromatic heterocycles. The summed E-state index contributed by atoms with van der Waals surface area (Å²) in [7, 11) is 0. The van der Waals surface area contributed by atoms with Gasteiger partial charge < -0.3 is 24.4 Å². The summed E-state index contributed by atoms with van der Waals surface area (Å²) in [5.74, 6) is 1.12. The molecular formula is C30H39N5O5. The van der Waals surface area contributed by atoms with Gasteiger partial charge >= 0.3 is 6.03 Å². The van der Waals surface area contributed by atoms with Gasteiger partial charge in [0, 0.05) is 38.6 Å². The van der Waals surface area contributed by atoms with Crippen LogP contribution in [0, 0.1) is 13.8 Å². The lowest BCUT2D eigenvalue weighted by Gasteiger charge is -2.31. The number of hydrazone groups is 1. The Hall–Kier alpha value is -3.63. The number of aryl methyl sites for hydroxylation is 2. The summed E-state index contributed by atoms with van der Waals surface area (Å²) in [5, 5.41) is 9.35. The molecule has 3 amide bonds. The lowest BCUT2D eigenvalue weighted by molar-refractivity contribution is -0.133. The maximum Gasteiger partial charge on any atom is 0.318 e. The average Bonchev–Trinajstić information content (AvgIpc) is 3.60. The zero-order valence-electron chi connectivity index (χ0n) is 23.8. The molecule has 0 spiro atoms. The molecule has 1 fully saturated rings. The highest BCUT2D eigenvalue weighted by atomic mass is 16.7. The standard InChI is InChI=1S/C30H39N5O5/c1-20(2)31-30(37)34(10-9-33-11-13-38-14-12-33)18-29(36)35-26(24-7-8-27-28(16-24)40-19-39-27)17-25(32-35)23-6-5-21(3)22(4)15-23/h5-8,15-16,20,26H,9-14,17-19H2,1-4H3,(H,31,37)/t26-/m1/s1. The molecule has 3 heterocycles. The minimum Gasteiger partial charge on any atom is -0.454 e. The lowest BCUT2D eigenvalue weighted by Crippen LogP contribution is -2.50. The van der Waals surface area contributed by atoms with Crippen LogP contribution in [0.25, 0.3) is 0 Å². The number of rotatable bonds is 8. The van der Waals surface area contributed by atoms with Gasteiger partial charge in [0.2, 0.25) is 6.79 Å². The number of carbonyl (C=O) groups excluding carboxylic acids is 2. The summed E-state index contributed by atoms with van der Waals surface area (Å²) in [5.41, 5.74) is 5.11. The van der Waals surface area contributed by atoms with Crippen LogP contribution < -0.4 is 14.8 Å². The first-order valence-corrected chi connectivity index (χ1v) is 14.0. The van der Waals surface area contributed by atoms with Gasteiger partial charge in [0.1, 0.15) is 6.54 Å². The van der Waals surface area contributed by atoms with Crippen molar-refractivity contribution in [2.75, 3.05) is 52.7 Å². The zero-order valence-corrected chi connectivity index (χ0v) is 23.8. The van der Waals surface area contributed by atoms with Gasteiger partial charge in [-0.1, -0.05) is 18.2 Å². The molecule has 3 aliphatic heterocycles. The number of fused-ring (bicyclic) bond motifs is 1. The van der Waals surface area contributed by atoms with Crippen molar-refractivity contribution in [3.8, 4) is 11.5 Å². The summed E-state index contributed by atoms with van der Waals surface area (Å²) in [6.45, 7) is 12.2. The molecule has 0 bridgehead atoms. The van der Waals surface area contributed by atoms with E-state index in [9.17, 15) is 9.59 Å². The molecule has 10 heteroatoms. The second-order valence-electron chi connectivity index (χ2n) is 10.9. The normalized spacial score (nSPS) is 18.7. The Balaban J connectivity index is 1.40. The molecule has 5 rings (SSSR count). The van der Waals surface area contributed by atoms with Crippen LogP contribution in [0.4, 0.5) is 4.79 Å². The minimum atomic E-state index is -0.326. The fraction of sp³-hybridized carbons (Fsp3) is 0.500. The SMILES string of the molecule is Cc1ccc(C2=NN(C(=O)CN(CCN3CCOCC3)C(=O)NC(C)C)[C@@H](c3ccc4c(c3)OCO4)C2)cc1C. The molecule has 0 saturated carbocycles. The molecule has 1 atom stereocenters. The van der Waals surface area contributed by atoms with Crippen LogP contribution in [0.1, 0.15) is 48.6 Å². The molecule has 0 unspecified atom stereocenters. The van der Waals surface area contributed by atoms with Crippen molar-refractivity contribution < 1.29 is 23.8 Å². The molecule has 10 nitrogen and oxygen atoms in total. The predicted octanol–water partition coefficient (Wildman–Crippen LogP) is 3.46. The highest BCUT2D eigenvalue weighted by Gasteiger charge is 2.35. The fourth-order valence-corrected chi connectivity index (χ4v) is 5.13. The van der Waals surface area contributed by atoms with E-state index in [4.69, 9.17) is 19.3 Å². The third-order valence-corrected chi connectivity index (χ3v) is 7.60. The monoisotopic (exact) mass is 549 g/mol. The van der Waals surface area contributed by atoms with E-state index in [-0.39, 0.29) is 37.4 Å². The van der Waals surface area contributed by atoms with Crippen LogP contribution in [-0.2, 0) is 9.53 Å². The third kappa shape index (κ3) is 6.39. The molecular weight excluding hydrogens is 510 g/mol. The first-order chi connectivity index (χ1) is 19.3. The largest absolute Gasteiger partial charge is 0.454 e. The van der Waals surface area contributed by atoms with Crippen molar-refractivity contribution in [2.24, 2.45) is 5.10 Å². The van der Waals surface area contributed by atoms with Gasteiger partial charge in [0.15, 0.2) is 11.5 Å². The average molecular weight is 550 g/mol. The molecule has 3 aliphatic rings. The van der Waals surface area contributed by atoms with Gasteiger partial charge in [-0.3, -0.25) is 9.69 Å². The van der Waals surface area contributed by atoms with Crippen molar-refractivity contribution in [1.82, 2.24) is 20.1 Å². The topological polar surface area (TPSA) is 95.9 Å². The molecule has 1 N–H and O–H groups in total. The number of benzene rings is 2. The molecule has 214 valence electrons. The molecule has 1 saturated heterocycles. The Morgan fingerprint density at radius 1 is 1.05 bits per heavy atom. The number of carbonyl (C=O) groups is 2. The highest BCUT2D eigenvalue weighted by Crippen LogP contribution is 2.39. The summed E-state index contributed by atoms with van der Waals surface area (Å²) >= 11 is 0. The van der Waals surface area contributed by atoms with Crippen LogP contribution in [0.5, 0.6) is 11.5 Å². The Kier molecular flexibility index (Phi) is 8.56. The molecule has 0 radical (unpaired) electrons. The minimum absolute atomic E-state index is 0.0453. The molecule has 40 heavy (non-hydrogen) atoms. The Morgan fingerprint density at radius 3 is 2.58 bits per heavy atom. The maximum atomic E-state index is 13.9. The lowest BCUT2D eigenvalue weighted by atomic mass is 9.96. The summed E-state index contributed by atoms with van der Waals surface area (Å²) in [6.07, 6.45) is 0.555. The van der Waals surface area contributed by atoms with E-state index in [0.717, 1.165) is 29.9 Å². The van der Waals surface area contributed by atoms with E-state index >= 15 is 0 Å². The second-order valence-corrected chi connectivity index (χ2v) is 10.9. The number of ether oxygens (including phenoxy) is 3. The van der Waals surface area contributed by atoms with E-state index in [0.29, 0.717) is 44.2 Å². The van der Waals surface area contributed by atoms with Gasteiger partial charge in [-0.05, 0) is 68.1 Å². The number of urea groups is 1. The first-order valence-electron chi connectivity index (χ1n) is 14.0. The van der Waals surface area contributed by atoms with Crippen LogP contribution in [0.15, 0.2) is 41.5 Å². The number of amides is 3.